The van der Waals surface area contributed by atoms with Crippen LogP contribution in [-0.2, 0) is 14.3 Å². The van der Waals surface area contributed by atoms with Gasteiger partial charge in [0.15, 0.2) is 0 Å². The summed E-state index contributed by atoms with van der Waals surface area (Å²) in [6, 6.07) is 0. The van der Waals surface area contributed by atoms with E-state index in [1.54, 1.807) is 10.5 Å². The van der Waals surface area contributed by atoms with E-state index in [-0.39, 0.29) is 36.0 Å². The monoisotopic (exact) mass is 923 g/mol. The van der Waals surface area contributed by atoms with Crippen molar-refractivity contribution in [3.63, 3.8) is 0 Å². The first kappa shape index (κ1) is 56.5. The lowest BCUT2D eigenvalue weighted by molar-refractivity contribution is -0.136. The van der Waals surface area contributed by atoms with Crippen LogP contribution in [0.25, 0.3) is 0 Å². The van der Waals surface area contributed by atoms with Crippen LogP contribution in [0, 0.1) is 46.3 Å². The summed E-state index contributed by atoms with van der Waals surface area (Å²) in [5, 5.41) is 5.99. The van der Waals surface area contributed by atoms with Gasteiger partial charge in [-0.25, -0.2) is 4.79 Å². The standard InChI is InChI=1S/C58H106N4O4/c1-7-8-9-10-11-12-13-14-15-16-17-18-19-20-21-22-23-31-55(64)62(45-54(63)60-41-25-24-40-59)43-27-26-42-61-56(65)66-49-36-38-57(5)48(44-49)32-33-50-52-35-34-51(47(4)30-28-29-46(2)3)58(52,6)39-37-53(50)57/h32,46-47,49-53H,7-31,33-45,59H2,1-6H3,(H,60,63)(H,61,65)/t47-,49+,50+,51-,52+,53+,57+,58-/m1/s1. The number of rotatable bonds is 35. The Balaban J connectivity index is 1.11. The Labute approximate surface area is 407 Å². The van der Waals surface area contributed by atoms with Crippen LogP contribution >= 0.6 is 0 Å². The predicted octanol–water partition coefficient (Wildman–Crippen LogP) is 14.6. The van der Waals surface area contributed by atoms with E-state index in [4.69, 9.17) is 10.5 Å². The van der Waals surface area contributed by atoms with Crippen LogP contribution in [0.5, 0.6) is 0 Å². The number of allylic oxidation sites excluding steroid dienone is 1. The highest BCUT2D eigenvalue weighted by molar-refractivity contribution is 5.84. The van der Waals surface area contributed by atoms with Crippen molar-refractivity contribution < 1.29 is 19.1 Å². The molecule has 4 N–H and O–H groups in total. The number of nitrogens with one attached hydrogen (secondary N) is 2. The number of nitrogens with zero attached hydrogens (tertiary/aromatic N) is 1. The van der Waals surface area contributed by atoms with Crippen molar-refractivity contribution in [3.05, 3.63) is 11.6 Å². The van der Waals surface area contributed by atoms with E-state index < -0.39 is 0 Å². The molecule has 66 heavy (non-hydrogen) atoms. The third kappa shape index (κ3) is 18.7. The van der Waals surface area contributed by atoms with E-state index in [2.05, 4.69) is 58.3 Å². The summed E-state index contributed by atoms with van der Waals surface area (Å²) in [6.07, 6.45) is 42.0. The fourth-order valence-corrected chi connectivity index (χ4v) is 13.7. The molecule has 0 aliphatic heterocycles. The Kier molecular flexibility index (Phi) is 26.7. The molecule has 0 heterocycles. The zero-order valence-electron chi connectivity index (χ0n) is 44.1. The van der Waals surface area contributed by atoms with Crippen molar-refractivity contribution in [2.75, 3.05) is 32.7 Å². The molecule has 4 aliphatic carbocycles. The number of unbranched alkanes of at least 4 members (excludes halogenated alkanes) is 18. The first-order valence-electron chi connectivity index (χ1n) is 28.8. The van der Waals surface area contributed by atoms with Crippen LogP contribution in [-0.4, -0.2) is 61.6 Å². The molecule has 3 saturated carbocycles. The summed E-state index contributed by atoms with van der Waals surface area (Å²) in [4.78, 5) is 41.0. The van der Waals surface area contributed by atoms with Gasteiger partial charge >= 0.3 is 6.09 Å². The molecule has 0 aromatic heterocycles. The fraction of sp³-hybridized carbons (Fsp3) is 0.914. The normalized spacial score (nSPS) is 26.2. The second-order valence-corrected chi connectivity index (χ2v) is 23.3. The van der Waals surface area contributed by atoms with Crippen molar-refractivity contribution in [2.24, 2.45) is 52.1 Å². The second-order valence-electron chi connectivity index (χ2n) is 23.3. The Morgan fingerprint density at radius 2 is 1.33 bits per heavy atom. The molecule has 382 valence electrons. The van der Waals surface area contributed by atoms with Crippen LogP contribution in [0.15, 0.2) is 11.6 Å². The molecule has 0 aromatic carbocycles. The van der Waals surface area contributed by atoms with E-state index >= 15 is 0 Å². The minimum atomic E-state index is -0.325. The smallest absolute Gasteiger partial charge is 0.407 e. The molecule has 0 radical (unpaired) electrons. The highest BCUT2D eigenvalue weighted by Crippen LogP contribution is 2.67. The molecule has 8 nitrogen and oxygen atoms in total. The number of hydrogen-bond donors (Lipinski definition) is 3. The van der Waals surface area contributed by atoms with E-state index in [9.17, 15) is 14.4 Å². The van der Waals surface area contributed by atoms with Crippen LogP contribution in [0.4, 0.5) is 4.79 Å². The van der Waals surface area contributed by atoms with Gasteiger partial charge in [0.05, 0.1) is 6.54 Å². The number of alkyl carbamates (subject to hydrolysis) is 1. The van der Waals surface area contributed by atoms with Gasteiger partial charge in [-0.15, -0.1) is 0 Å². The molecule has 4 rings (SSSR count). The fourth-order valence-electron chi connectivity index (χ4n) is 13.7. The number of ether oxygens (including phenoxy) is 1. The Morgan fingerprint density at radius 1 is 0.712 bits per heavy atom. The first-order valence-corrected chi connectivity index (χ1v) is 28.8. The van der Waals surface area contributed by atoms with Gasteiger partial charge in [0.1, 0.15) is 6.10 Å². The molecule has 4 aliphatic rings. The number of carbonyl (C=O) groups is 3. The van der Waals surface area contributed by atoms with Crippen LogP contribution in [0.1, 0.15) is 253 Å². The average Bonchev–Trinajstić information content (AvgIpc) is 3.65. The van der Waals surface area contributed by atoms with Crippen molar-refractivity contribution in [1.82, 2.24) is 15.5 Å². The highest BCUT2D eigenvalue weighted by atomic mass is 16.6. The molecular weight excluding hydrogens is 817 g/mol. The SMILES string of the molecule is CCCCCCCCCCCCCCCCCCCC(=O)N(CCCCNC(=O)O[C@H]1CC[C@@]2(C)C(=CC[C@H]3[C@@H]4CC[C@H]([C@H](C)CCCC(C)C)[C@@]4(C)CC[C@@H]32)C1)CC(=O)NCCCCN. The molecule has 8 atom stereocenters. The number of fused-ring (bicyclic) bond motifs is 5. The number of hydrogen-bond acceptors (Lipinski definition) is 5. The molecular formula is C58H106N4O4. The minimum Gasteiger partial charge on any atom is -0.446 e. The second kappa shape index (κ2) is 31.2. The van der Waals surface area contributed by atoms with E-state index in [0.717, 1.165) is 93.3 Å². The van der Waals surface area contributed by atoms with E-state index in [1.165, 1.54) is 148 Å². The van der Waals surface area contributed by atoms with E-state index in [0.29, 0.717) is 38.0 Å². The average molecular weight is 924 g/mol. The van der Waals surface area contributed by atoms with Gasteiger partial charge in [-0.05, 0) is 130 Å². The Hall–Kier alpha value is -2.09. The van der Waals surface area contributed by atoms with Crippen LogP contribution in [0.3, 0.4) is 0 Å². The van der Waals surface area contributed by atoms with E-state index in [1.807, 2.05) is 0 Å². The van der Waals surface area contributed by atoms with Crippen molar-refractivity contribution in [2.45, 2.75) is 260 Å². The molecule has 3 amide bonds. The maximum absolute atomic E-state index is 13.4. The van der Waals surface area contributed by atoms with Gasteiger partial charge in [0, 0.05) is 32.5 Å². The highest BCUT2D eigenvalue weighted by Gasteiger charge is 2.59. The lowest BCUT2D eigenvalue weighted by atomic mass is 9.47. The van der Waals surface area contributed by atoms with Crippen molar-refractivity contribution in [1.29, 1.82) is 0 Å². The largest absolute Gasteiger partial charge is 0.446 e. The summed E-state index contributed by atoms with van der Waals surface area (Å²) >= 11 is 0. The predicted molar refractivity (Wildman–Crippen MR) is 277 cm³/mol. The third-order valence-corrected chi connectivity index (χ3v) is 17.8. The summed E-state index contributed by atoms with van der Waals surface area (Å²) in [5.74, 6) is 4.89. The maximum atomic E-state index is 13.4. The summed E-state index contributed by atoms with van der Waals surface area (Å²) in [5.41, 5.74) is 7.92. The van der Waals surface area contributed by atoms with Crippen LogP contribution < -0.4 is 16.4 Å². The summed E-state index contributed by atoms with van der Waals surface area (Å²) in [6.45, 7) is 17.1. The maximum Gasteiger partial charge on any atom is 0.407 e. The lowest BCUT2D eigenvalue weighted by Gasteiger charge is -2.58. The van der Waals surface area contributed by atoms with Gasteiger partial charge in [0.2, 0.25) is 11.8 Å². The molecule has 0 aromatic rings. The van der Waals surface area contributed by atoms with Gasteiger partial charge in [-0.1, -0.05) is 175 Å². The Bertz CT molecular complexity index is 1400. The molecule has 0 saturated heterocycles. The summed E-state index contributed by atoms with van der Waals surface area (Å²) < 4.78 is 6.08. The van der Waals surface area contributed by atoms with Gasteiger partial charge in [-0.2, -0.15) is 0 Å². The first-order chi connectivity index (χ1) is 31.9. The lowest BCUT2D eigenvalue weighted by Crippen LogP contribution is -2.51. The number of amides is 3. The van der Waals surface area contributed by atoms with Gasteiger partial charge in [-0.3, -0.25) is 9.59 Å². The molecule has 0 spiro atoms. The number of carbonyl (C=O) groups excluding carboxylic acids is 3. The van der Waals surface area contributed by atoms with Crippen molar-refractivity contribution in [3.8, 4) is 0 Å². The number of nitrogens with two attached hydrogens (primary N) is 1. The zero-order valence-corrected chi connectivity index (χ0v) is 44.1. The molecule has 3 fully saturated rings. The third-order valence-electron chi connectivity index (χ3n) is 17.8. The van der Waals surface area contributed by atoms with Crippen molar-refractivity contribution >= 4 is 17.9 Å². The minimum absolute atomic E-state index is 0.0601. The topological polar surface area (TPSA) is 114 Å². The molecule has 8 heteroatoms. The van der Waals surface area contributed by atoms with Crippen LogP contribution in [0.2, 0.25) is 0 Å². The molecule has 0 unspecified atom stereocenters. The quantitative estimate of drug-likeness (QED) is 0.0433. The van der Waals surface area contributed by atoms with Gasteiger partial charge < -0.3 is 26.0 Å². The molecule has 0 bridgehead atoms. The zero-order chi connectivity index (χ0) is 47.6. The van der Waals surface area contributed by atoms with Gasteiger partial charge in [0.25, 0.3) is 0 Å². The Morgan fingerprint density at radius 3 is 1.97 bits per heavy atom. The summed E-state index contributed by atoms with van der Waals surface area (Å²) in [7, 11) is 0.